The minimum Gasteiger partial charge on any atom is -0.372 e. The number of aromatic nitrogens is 2. The number of nitrogens with zero attached hydrogens (tertiary/aromatic N) is 3. The first-order valence-electron chi connectivity index (χ1n) is 11.4. The molecule has 0 aliphatic rings. The van der Waals surface area contributed by atoms with Gasteiger partial charge in [-0.25, -0.2) is 4.98 Å². The number of amides is 1. The maximum absolute atomic E-state index is 11.9. The molecule has 0 radical (unpaired) electrons. The molecule has 0 unspecified atom stereocenters. The molecule has 4 rings (SSSR count). The van der Waals surface area contributed by atoms with E-state index in [4.69, 9.17) is 10.7 Å². The number of hydrogen-bond donors (Lipinski definition) is 2. The van der Waals surface area contributed by atoms with Gasteiger partial charge in [0.05, 0.1) is 23.1 Å². The topological polar surface area (TPSA) is 105 Å². The third kappa shape index (κ3) is 4.33. The fourth-order valence-corrected chi connectivity index (χ4v) is 4.20. The Hall–Kier alpha value is -4.24. The van der Waals surface area contributed by atoms with Crippen molar-refractivity contribution in [1.82, 2.24) is 9.97 Å². The summed E-state index contributed by atoms with van der Waals surface area (Å²) in [6.45, 7) is 6.24. The number of anilines is 1. The number of nitrogens with one attached hydrogen (secondary N) is 1. The van der Waals surface area contributed by atoms with Gasteiger partial charge in [0.25, 0.3) is 0 Å². The largest absolute Gasteiger partial charge is 0.372 e. The first-order chi connectivity index (χ1) is 16.4. The lowest BCUT2D eigenvalue weighted by molar-refractivity contribution is -0.118. The zero-order valence-corrected chi connectivity index (χ0v) is 19.5. The van der Waals surface area contributed by atoms with Crippen molar-refractivity contribution in [3.63, 3.8) is 0 Å². The molecule has 0 saturated carbocycles. The Morgan fingerprint density at radius 2 is 1.79 bits per heavy atom. The normalized spacial score (nSPS) is 11.9. The first-order valence-corrected chi connectivity index (χ1v) is 11.4. The van der Waals surface area contributed by atoms with Crippen LogP contribution >= 0.6 is 0 Å². The van der Waals surface area contributed by atoms with Crippen LogP contribution in [-0.2, 0) is 4.79 Å². The van der Waals surface area contributed by atoms with Crippen molar-refractivity contribution in [3.8, 4) is 28.5 Å². The van der Waals surface area contributed by atoms with Crippen LogP contribution in [0.15, 0.2) is 67.0 Å². The van der Waals surface area contributed by atoms with Gasteiger partial charge in [0.15, 0.2) is 0 Å². The molecule has 2 heterocycles. The van der Waals surface area contributed by atoms with Gasteiger partial charge in [-0.05, 0) is 35.1 Å². The number of fused-ring (bicyclic) bond motifs is 1. The van der Waals surface area contributed by atoms with E-state index in [1.165, 1.54) is 11.1 Å². The zero-order chi connectivity index (χ0) is 24.2. The number of primary amides is 1. The summed E-state index contributed by atoms with van der Waals surface area (Å²) in [6.07, 6.45) is 3.79. The second kappa shape index (κ2) is 9.72. The zero-order valence-electron chi connectivity index (χ0n) is 19.5. The smallest absolute Gasteiger partial charge is 0.239 e. The van der Waals surface area contributed by atoms with Crippen LogP contribution in [0.2, 0.25) is 0 Å². The molecule has 0 fully saturated rings. The van der Waals surface area contributed by atoms with Gasteiger partial charge in [-0.2, -0.15) is 5.26 Å². The van der Waals surface area contributed by atoms with E-state index in [0.29, 0.717) is 34.8 Å². The summed E-state index contributed by atoms with van der Waals surface area (Å²) in [5.74, 6) is -0.0683. The van der Waals surface area contributed by atoms with Crippen molar-refractivity contribution in [3.05, 3.63) is 78.1 Å². The molecule has 0 aliphatic heterocycles. The fourth-order valence-electron chi connectivity index (χ4n) is 4.20. The lowest BCUT2D eigenvalue weighted by Crippen LogP contribution is -2.35. The molecule has 0 spiro atoms. The van der Waals surface area contributed by atoms with E-state index in [1.54, 1.807) is 18.5 Å². The van der Waals surface area contributed by atoms with Crippen LogP contribution in [0.1, 0.15) is 44.2 Å². The van der Waals surface area contributed by atoms with Gasteiger partial charge in [-0.1, -0.05) is 69.3 Å². The molecule has 1 amide bonds. The van der Waals surface area contributed by atoms with Crippen molar-refractivity contribution in [2.24, 2.45) is 5.73 Å². The number of benzene rings is 2. The molecule has 0 bridgehead atoms. The van der Waals surface area contributed by atoms with Gasteiger partial charge in [0.1, 0.15) is 17.7 Å². The molecule has 0 saturated heterocycles. The summed E-state index contributed by atoms with van der Waals surface area (Å²) in [5.41, 5.74) is 12.0. The van der Waals surface area contributed by atoms with Crippen molar-refractivity contribution in [2.75, 3.05) is 5.32 Å². The van der Waals surface area contributed by atoms with Crippen LogP contribution in [0, 0.1) is 11.3 Å². The van der Waals surface area contributed by atoms with Crippen molar-refractivity contribution in [2.45, 2.75) is 39.2 Å². The Kier molecular flexibility index (Phi) is 6.55. The summed E-state index contributed by atoms with van der Waals surface area (Å²) < 4.78 is 0. The number of nitrogens with two attached hydrogens (primary N) is 1. The Bertz CT molecular complexity index is 1390. The molecular weight excluding hydrogens is 422 g/mol. The van der Waals surface area contributed by atoms with E-state index in [0.717, 1.165) is 16.5 Å². The highest BCUT2D eigenvalue weighted by atomic mass is 16.1. The van der Waals surface area contributed by atoms with E-state index in [1.807, 2.05) is 25.1 Å². The highest BCUT2D eigenvalue weighted by Crippen LogP contribution is 2.35. The average Bonchev–Trinajstić information content (AvgIpc) is 2.86. The van der Waals surface area contributed by atoms with Crippen LogP contribution in [0.4, 0.5) is 5.69 Å². The van der Waals surface area contributed by atoms with Crippen LogP contribution in [0.5, 0.6) is 0 Å². The Balaban J connectivity index is 1.85. The molecule has 0 aliphatic carbocycles. The predicted octanol–water partition coefficient (Wildman–Crippen LogP) is 5.63. The summed E-state index contributed by atoms with van der Waals surface area (Å²) in [4.78, 5) is 20.9. The predicted molar refractivity (Wildman–Crippen MR) is 136 cm³/mol. The van der Waals surface area contributed by atoms with E-state index < -0.39 is 11.9 Å². The number of pyridine rings is 2. The van der Waals surface area contributed by atoms with E-state index >= 15 is 0 Å². The van der Waals surface area contributed by atoms with Gasteiger partial charge >= 0.3 is 0 Å². The quantitative estimate of drug-likeness (QED) is 0.380. The van der Waals surface area contributed by atoms with Gasteiger partial charge in [-0.3, -0.25) is 9.78 Å². The van der Waals surface area contributed by atoms with Crippen molar-refractivity contribution < 1.29 is 4.79 Å². The molecule has 170 valence electrons. The maximum Gasteiger partial charge on any atom is 0.239 e. The third-order valence-electron chi connectivity index (χ3n) is 6.02. The van der Waals surface area contributed by atoms with E-state index in [2.05, 4.69) is 60.5 Å². The minimum absolute atomic E-state index is 0.369. The van der Waals surface area contributed by atoms with Crippen molar-refractivity contribution >= 4 is 22.5 Å². The van der Waals surface area contributed by atoms with Gasteiger partial charge in [0, 0.05) is 17.1 Å². The maximum atomic E-state index is 11.9. The number of nitriles is 1. The van der Waals surface area contributed by atoms with Crippen LogP contribution in [0.25, 0.3) is 33.3 Å². The third-order valence-corrected chi connectivity index (χ3v) is 6.02. The highest BCUT2D eigenvalue weighted by molar-refractivity contribution is 5.99. The van der Waals surface area contributed by atoms with Crippen LogP contribution in [0.3, 0.4) is 0 Å². The summed E-state index contributed by atoms with van der Waals surface area (Å²) in [5, 5.41) is 14.0. The number of hydrogen-bond acceptors (Lipinski definition) is 5. The number of carbonyl (C=O) groups is 1. The lowest BCUT2D eigenvalue weighted by Gasteiger charge is -2.19. The Morgan fingerprint density at radius 1 is 1.09 bits per heavy atom. The van der Waals surface area contributed by atoms with Crippen LogP contribution < -0.4 is 11.1 Å². The average molecular weight is 450 g/mol. The number of rotatable bonds is 7. The first kappa shape index (κ1) is 22.9. The second-order valence-corrected chi connectivity index (χ2v) is 8.54. The molecule has 1 atom stereocenters. The standard InChI is InChI=1S/C28H27N5O/c1-4-24(28(30)34)32-27-22-13-14-31-16-25(22)33-26(23(27)15-29)19-11-9-18(10-12-19)21-8-6-5-7-20(21)17(2)3/h5-14,16-17,24H,4H2,1-3H3,(H2,30,34)(H,32,33)/t24-/m1/s1. The second-order valence-electron chi connectivity index (χ2n) is 8.54. The Labute approximate surface area is 199 Å². The summed E-state index contributed by atoms with van der Waals surface area (Å²) >= 11 is 0. The summed E-state index contributed by atoms with van der Waals surface area (Å²) in [7, 11) is 0. The molecule has 2 aromatic carbocycles. The number of carbonyl (C=O) groups excluding carboxylic acids is 1. The monoisotopic (exact) mass is 449 g/mol. The van der Waals surface area contributed by atoms with Gasteiger partial charge in [0.2, 0.25) is 5.91 Å². The molecule has 2 aromatic heterocycles. The molecule has 4 aromatic rings. The van der Waals surface area contributed by atoms with Crippen molar-refractivity contribution in [1.29, 1.82) is 5.26 Å². The molecule has 6 nitrogen and oxygen atoms in total. The SMILES string of the molecule is CC[C@@H](Nc1c(C#N)c(-c2ccc(-c3ccccc3C(C)C)cc2)nc2cnccc12)C(N)=O. The highest BCUT2D eigenvalue weighted by Gasteiger charge is 2.21. The fraction of sp³-hybridized carbons (Fsp3) is 0.214. The van der Waals surface area contributed by atoms with E-state index in [-0.39, 0.29) is 0 Å². The molecule has 3 N–H and O–H groups in total. The molecule has 6 heteroatoms. The van der Waals surface area contributed by atoms with Gasteiger partial charge < -0.3 is 11.1 Å². The molecular formula is C28H27N5O. The summed E-state index contributed by atoms with van der Waals surface area (Å²) in [6, 6.07) is 19.9. The van der Waals surface area contributed by atoms with Gasteiger partial charge in [-0.15, -0.1) is 0 Å². The van der Waals surface area contributed by atoms with Crippen LogP contribution in [-0.4, -0.2) is 21.9 Å². The lowest BCUT2D eigenvalue weighted by atomic mass is 9.92. The van der Waals surface area contributed by atoms with E-state index in [9.17, 15) is 10.1 Å². The minimum atomic E-state index is -0.603. The Morgan fingerprint density at radius 3 is 2.44 bits per heavy atom. The molecule has 34 heavy (non-hydrogen) atoms.